The van der Waals surface area contributed by atoms with E-state index < -0.39 is 0 Å². The van der Waals surface area contributed by atoms with Crippen LogP contribution in [0.2, 0.25) is 10.3 Å². The molecule has 4 heteroatoms. The molecule has 2 aliphatic rings. The summed E-state index contributed by atoms with van der Waals surface area (Å²) in [6, 6.07) is 1.87. The molecule has 1 heterocycles. The van der Waals surface area contributed by atoms with Crippen LogP contribution in [0.25, 0.3) is 0 Å². The monoisotopic (exact) mass is 228 g/mol. The van der Waals surface area contributed by atoms with E-state index >= 15 is 0 Å². The highest BCUT2D eigenvalue weighted by molar-refractivity contribution is 6.31. The third kappa shape index (κ3) is 1.51. The van der Waals surface area contributed by atoms with Crippen LogP contribution in [0.1, 0.15) is 30.7 Å². The van der Waals surface area contributed by atoms with Gasteiger partial charge in [-0.05, 0) is 48.6 Å². The average Bonchev–Trinajstić information content (AvgIpc) is 3.01. The van der Waals surface area contributed by atoms with Crippen molar-refractivity contribution in [2.75, 3.05) is 0 Å². The Balaban J connectivity index is 1.85. The van der Waals surface area contributed by atoms with E-state index in [1.165, 1.54) is 19.3 Å². The molecule has 0 bridgehead atoms. The maximum absolute atomic E-state index is 5.99. The molecule has 2 atom stereocenters. The van der Waals surface area contributed by atoms with Crippen LogP contribution in [0.3, 0.4) is 0 Å². The lowest BCUT2D eigenvalue weighted by Crippen LogP contribution is -1.92. The SMILES string of the molecule is Clc1cc(C2CC2C2CC2)c(Cl)nn1. The second-order valence-electron chi connectivity index (χ2n) is 4.26. The van der Waals surface area contributed by atoms with Crippen LogP contribution in [0, 0.1) is 11.8 Å². The fraction of sp³-hybridized carbons (Fsp3) is 0.600. The van der Waals surface area contributed by atoms with Gasteiger partial charge in [0.1, 0.15) is 0 Å². The van der Waals surface area contributed by atoms with Crippen LogP contribution in [0.4, 0.5) is 0 Å². The number of hydrogen-bond acceptors (Lipinski definition) is 2. The van der Waals surface area contributed by atoms with Crippen molar-refractivity contribution in [3.63, 3.8) is 0 Å². The summed E-state index contributed by atoms with van der Waals surface area (Å²) in [5.74, 6) is 2.39. The van der Waals surface area contributed by atoms with Crippen LogP contribution < -0.4 is 0 Å². The van der Waals surface area contributed by atoms with Crippen molar-refractivity contribution in [2.45, 2.75) is 25.2 Å². The van der Waals surface area contributed by atoms with Crippen LogP contribution in [0.5, 0.6) is 0 Å². The summed E-state index contributed by atoms with van der Waals surface area (Å²) < 4.78 is 0. The molecule has 0 spiro atoms. The Morgan fingerprint density at radius 2 is 2.00 bits per heavy atom. The molecular weight excluding hydrogens is 219 g/mol. The van der Waals surface area contributed by atoms with Gasteiger partial charge in [-0.15, -0.1) is 10.2 Å². The minimum Gasteiger partial charge on any atom is -0.137 e. The van der Waals surface area contributed by atoms with E-state index in [0.717, 1.165) is 17.4 Å². The van der Waals surface area contributed by atoms with Crippen molar-refractivity contribution in [3.8, 4) is 0 Å². The summed E-state index contributed by atoms with van der Waals surface area (Å²) in [6.45, 7) is 0. The molecule has 0 aromatic carbocycles. The van der Waals surface area contributed by atoms with Gasteiger partial charge in [0.05, 0.1) is 0 Å². The van der Waals surface area contributed by atoms with Gasteiger partial charge in [0, 0.05) is 0 Å². The molecule has 0 radical (unpaired) electrons. The zero-order valence-corrected chi connectivity index (χ0v) is 9.09. The maximum Gasteiger partial charge on any atom is 0.155 e. The molecule has 2 unspecified atom stereocenters. The molecule has 0 aliphatic heterocycles. The topological polar surface area (TPSA) is 25.8 Å². The van der Waals surface area contributed by atoms with E-state index in [2.05, 4.69) is 10.2 Å². The summed E-state index contributed by atoms with van der Waals surface area (Å²) >= 11 is 11.8. The number of halogens is 2. The van der Waals surface area contributed by atoms with E-state index in [1.54, 1.807) is 0 Å². The van der Waals surface area contributed by atoms with E-state index in [9.17, 15) is 0 Å². The Morgan fingerprint density at radius 1 is 1.21 bits per heavy atom. The Bertz CT molecular complexity index is 376. The van der Waals surface area contributed by atoms with E-state index in [1.807, 2.05) is 6.07 Å². The molecule has 74 valence electrons. The average molecular weight is 229 g/mol. The molecule has 2 aliphatic carbocycles. The Hall–Kier alpha value is -0.340. The summed E-state index contributed by atoms with van der Waals surface area (Å²) in [6.07, 6.45) is 4.04. The largest absolute Gasteiger partial charge is 0.155 e. The van der Waals surface area contributed by atoms with E-state index in [4.69, 9.17) is 23.2 Å². The van der Waals surface area contributed by atoms with E-state index in [0.29, 0.717) is 16.2 Å². The second kappa shape index (κ2) is 3.07. The van der Waals surface area contributed by atoms with Gasteiger partial charge in [-0.25, -0.2) is 0 Å². The second-order valence-corrected chi connectivity index (χ2v) is 5.00. The lowest BCUT2D eigenvalue weighted by Gasteiger charge is -2.01. The number of hydrogen-bond donors (Lipinski definition) is 0. The molecule has 1 aromatic heterocycles. The minimum absolute atomic E-state index is 0.450. The van der Waals surface area contributed by atoms with Gasteiger partial charge in [-0.3, -0.25) is 0 Å². The number of aromatic nitrogens is 2. The molecule has 2 fully saturated rings. The van der Waals surface area contributed by atoms with E-state index in [-0.39, 0.29) is 0 Å². The van der Waals surface area contributed by atoms with Gasteiger partial charge in [0.25, 0.3) is 0 Å². The summed E-state index contributed by atoms with van der Waals surface area (Å²) in [7, 11) is 0. The van der Waals surface area contributed by atoms with Crippen LogP contribution in [-0.4, -0.2) is 10.2 Å². The maximum atomic E-state index is 5.99. The van der Waals surface area contributed by atoms with Crippen molar-refractivity contribution < 1.29 is 0 Å². The predicted molar refractivity (Wildman–Crippen MR) is 55.6 cm³/mol. The van der Waals surface area contributed by atoms with Crippen molar-refractivity contribution in [1.29, 1.82) is 0 Å². The smallest absolute Gasteiger partial charge is 0.137 e. The van der Waals surface area contributed by atoms with Crippen LogP contribution in [0.15, 0.2) is 6.07 Å². The summed E-state index contributed by atoms with van der Waals surface area (Å²) in [4.78, 5) is 0. The molecule has 0 saturated heterocycles. The molecule has 2 nitrogen and oxygen atoms in total. The molecule has 2 saturated carbocycles. The highest BCUT2D eigenvalue weighted by Crippen LogP contribution is 2.60. The first kappa shape index (κ1) is 8.93. The summed E-state index contributed by atoms with van der Waals surface area (Å²) in [5.41, 5.74) is 1.10. The fourth-order valence-corrected chi connectivity index (χ4v) is 2.63. The third-order valence-corrected chi connectivity index (χ3v) is 3.69. The van der Waals surface area contributed by atoms with Crippen molar-refractivity contribution >= 4 is 23.2 Å². The third-order valence-electron chi connectivity index (χ3n) is 3.21. The first-order chi connectivity index (χ1) is 6.75. The molecule has 14 heavy (non-hydrogen) atoms. The number of rotatable bonds is 2. The lowest BCUT2D eigenvalue weighted by atomic mass is 10.1. The van der Waals surface area contributed by atoms with Gasteiger partial charge >= 0.3 is 0 Å². The van der Waals surface area contributed by atoms with Crippen LogP contribution in [-0.2, 0) is 0 Å². The molecule has 1 aromatic rings. The molecule has 0 amide bonds. The molecule has 0 N–H and O–H groups in total. The predicted octanol–water partition coefficient (Wildman–Crippen LogP) is 3.30. The highest BCUT2D eigenvalue weighted by Gasteiger charge is 2.48. The minimum atomic E-state index is 0.450. The lowest BCUT2D eigenvalue weighted by molar-refractivity contribution is 0.688. The molecule has 3 rings (SSSR count). The normalized spacial score (nSPS) is 30.4. The van der Waals surface area contributed by atoms with Crippen molar-refractivity contribution in [2.24, 2.45) is 11.8 Å². The number of nitrogens with zero attached hydrogens (tertiary/aromatic N) is 2. The highest BCUT2D eigenvalue weighted by atomic mass is 35.5. The molecular formula is C10H10Cl2N2. The van der Waals surface area contributed by atoms with Crippen molar-refractivity contribution in [3.05, 3.63) is 21.9 Å². The Morgan fingerprint density at radius 3 is 2.71 bits per heavy atom. The zero-order valence-electron chi connectivity index (χ0n) is 7.58. The first-order valence-electron chi connectivity index (χ1n) is 4.94. The van der Waals surface area contributed by atoms with Crippen LogP contribution >= 0.6 is 23.2 Å². The van der Waals surface area contributed by atoms with Gasteiger partial charge in [-0.1, -0.05) is 23.2 Å². The quantitative estimate of drug-likeness (QED) is 0.777. The zero-order chi connectivity index (χ0) is 9.71. The van der Waals surface area contributed by atoms with Gasteiger partial charge < -0.3 is 0 Å². The van der Waals surface area contributed by atoms with Gasteiger partial charge in [0.2, 0.25) is 0 Å². The fourth-order valence-electron chi connectivity index (χ4n) is 2.24. The van der Waals surface area contributed by atoms with Gasteiger partial charge in [0.15, 0.2) is 10.3 Å². The Kier molecular flexibility index (Phi) is 1.96. The first-order valence-corrected chi connectivity index (χ1v) is 5.70. The Labute approximate surface area is 92.6 Å². The summed E-state index contributed by atoms with van der Waals surface area (Å²) in [5, 5.41) is 8.54. The van der Waals surface area contributed by atoms with Crippen molar-refractivity contribution in [1.82, 2.24) is 10.2 Å². The standard InChI is InChI=1S/C10H10Cl2N2/c11-9-4-8(10(12)14-13-9)7-3-6(7)5-1-2-5/h4-7H,1-3H2. The van der Waals surface area contributed by atoms with Gasteiger partial charge in [-0.2, -0.15) is 0 Å².